The molecule has 118 valence electrons. The second-order valence-electron chi connectivity index (χ2n) is 4.53. The number of rotatable bonds is 4. The number of likely N-dealkylation sites (N-methyl/N-ethyl adjacent to an activating group) is 1. The molecule has 0 amide bonds. The zero-order valence-corrected chi connectivity index (χ0v) is 11.5. The van der Waals surface area contributed by atoms with Gasteiger partial charge in [-0.1, -0.05) is 18.6 Å². The van der Waals surface area contributed by atoms with Crippen LogP contribution in [0.1, 0.15) is 30.0 Å². The Balaban J connectivity index is 3.38. The predicted octanol–water partition coefficient (Wildman–Crippen LogP) is 4.74. The lowest BCUT2D eigenvalue weighted by atomic mass is 10.0. The van der Waals surface area contributed by atoms with Crippen LogP contribution in [0.3, 0.4) is 0 Å². The van der Waals surface area contributed by atoms with Crippen LogP contribution in [0.15, 0.2) is 23.8 Å². The molecular formula is C14H15F6N. The van der Waals surface area contributed by atoms with Crippen molar-refractivity contribution in [2.45, 2.75) is 25.7 Å². The minimum Gasteiger partial charge on any atom is -0.316 e. The third kappa shape index (κ3) is 5.08. The second-order valence-corrected chi connectivity index (χ2v) is 4.53. The molecule has 0 aromatic heterocycles. The first-order chi connectivity index (χ1) is 9.57. The highest BCUT2D eigenvalue weighted by molar-refractivity contribution is 5.56. The summed E-state index contributed by atoms with van der Waals surface area (Å²) in [5, 5.41) is 2.82. The van der Waals surface area contributed by atoms with Crippen LogP contribution in [-0.4, -0.2) is 13.6 Å². The van der Waals surface area contributed by atoms with Gasteiger partial charge < -0.3 is 5.32 Å². The maximum Gasteiger partial charge on any atom is 0.416 e. The fourth-order valence-corrected chi connectivity index (χ4v) is 1.80. The van der Waals surface area contributed by atoms with Gasteiger partial charge in [-0.2, -0.15) is 26.3 Å². The predicted molar refractivity (Wildman–Crippen MR) is 68.6 cm³/mol. The van der Waals surface area contributed by atoms with E-state index in [2.05, 4.69) is 5.32 Å². The van der Waals surface area contributed by atoms with E-state index in [-0.39, 0.29) is 11.6 Å². The van der Waals surface area contributed by atoms with E-state index >= 15 is 0 Å². The quantitative estimate of drug-likeness (QED) is 0.792. The van der Waals surface area contributed by atoms with Gasteiger partial charge in [0.05, 0.1) is 11.1 Å². The smallest absolute Gasteiger partial charge is 0.316 e. The summed E-state index contributed by atoms with van der Waals surface area (Å²) in [6.45, 7) is 2.18. The van der Waals surface area contributed by atoms with E-state index in [9.17, 15) is 26.3 Å². The maximum absolute atomic E-state index is 12.7. The number of nitrogens with one attached hydrogen (secondary N) is 1. The minimum atomic E-state index is -4.82. The molecular weight excluding hydrogens is 296 g/mol. The highest BCUT2D eigenvalue weighted by Crippen LogP contribution is 2.36. The first-order valence-electron chi connectivity index (χ1n) is 6.21. The van der Waals surface area contributed by atoms with Crippen molar-refractivity contribution in [2.75, 3.05) is 13.6 Å². The number of benzene rings is 1. The van der Waals surface area contributed by atoms with Crippen LogP contribution in [-0.2, 0) is 12.4 Å². The molecule has 0 aliphatic heterocycles. The van der Waals surface area contributed by atoms with Crippen molar-refractivity contribution in [3.63, 3.8) is 0 Å². The van der Waals surface area contributed by atoms with Crippen molar-refractivity contribution >= 4 is 6.08 Å². The number of hydrogen-bond donors (Lipinski definition) is 1. The summed E-state index contributed by atoms with van der Waals surface area (Å²) in [5.74, 6) is 0. The summed E-state index contributed by atoms with van der Waals surface area (Å²) in [6, 6.07) is 1.57. The molecule has 0 saturated heterocycles. The Kier molecular flexibility index (Phi) is 5.44. The molecule has 0 bridgehead atoms. The Morgan fingerprint density at radius 3 is 1.81 bits per heavy atom. The molecule has 0 heterocycles. The molecule has 0 spiro atoms. The zero-order chi connectivity index (χ0) is 16.3. The van der Waals surface area contributed by atoms with Crippen LogP contribution in [0.5, 0.6) is 0 Å². The van der Waals surface area contributed by atoms with E-state index < -0.39 is 23.5 Å². The molecule has 0 atom stereocenters. The monoisotopic (exact) mass is 311 g/mol. The van der Waals surface area contributed by atoms with Crippen molar-refractivity contribution in [3.8, 4) is 0 Å². The van der Waals surface area contributed by atoms with Gasteiger partial charge in [0.1, 0.15) is 0 Å². The van der Waals surface area contributed by atoms with Gasteiger partial charge in [-0.15, -0.1) is 0 Å². The average Bonchev–Trinajstić information content (AvgIpc) is 2.35. The number of hydrogen-bond acceptors (Lipinski definition) is 1. The Labute approximate surface area is 118 Å². The Morgan fingerprint density at radius 1 is 1.00 bits per heavy atom. The molecule has 0 radical (unpaired) electrons. The van der Waals surface area contributed by atoms with Crippen molar-refractivity contribution < 1.29 is 26.3 Å². The van der Waals surface area contributed by atoms with E-state index in [0.29, 0.717) is 18.5 Å². The highest BCUT2D eigenvalue weighted by Gasteiger charge is 2.36. The van der Waals surface area contributed by atoms with Crippen molar-refractivity contribution in [3.05, 3.63) is 40.5 Å². The molecule has 7 heteroatoms. The summed E-state index contributed by atoms with van der Waals surface area (Å²) in [5.41, 5.74) is -2.00. The van der Waals surface area contributed by atoms with E-state index in [1.807, 2.05) is 0 Å². The van der Waals surface area contributed by atoms with E-state index in [1.54, 1.807) is 14.0 Å². The lowest BCUT2D eigenvalue weighted by Crippen LogP contribution is -2.12. The van der Waals surface area contributed by atoms with Crippen molar-refractivity contribution in [1.29, 1.82) is 0 Å². The summed E-state index contributed by atoms with van der Waals surface area (Å²) in [7, 11) is 1.65. The summed E-state index contributed by atoms with van der Waals surface area (Å²) in [4.78, 5) is 0. The lowest BCUT2D eigenvalue weighted by molar-refractivity contribution is -0.143. The molecule has 1 aromatic rings. The molecule has 0 aliphatic carbocycles. The van der Waals surface area contributed by atoms with Gasteiger partial charge in [0.25, 0.3) is 0 Å². The summed E-state index contributed by atoms with van der Waals surface area (Å²) < 4.78 is 76.2. The van der Waals surface area contributed by atoms with Gasteiger partial charge in [0, 0.05) is 6.54 Å². The normalized spacial score (nSPS) is 13.6. The number of halogens is 6. The fourth-order valence-electron chi connectivity index (χ4n) is 1.80. The highest BCUT2D eigenvalue weighted by atomic mass is 19.4. The van der Waals surface area contributed by atoms with E-state index in [1.165, 1.54) is 6.08 Å². The van der Waals surface area contributed by atoms with Gasteiger partial charge in [-0.05, 0) is 37.2 Å². The van der Waals surface area contributed by atoms with E-state index in [4.69, 9.17) is 0 Å². The van der Waals surface area contributed by atoms with Crippen LogP contribution in [0.25, 0.3) is 6.08 Å². The SMILES string of the molecule is CCC(=Cc1cc(C(F)(F)F)cc(C(F)(F)F)c1)CNC. The lowest BCUT2D eigenvalue weighted by Gasteiger charge is -2.13. The van der Waals surface area contributed by atoms with Gasteiger partial charge in [-0.25, -0.2) is 0 Å². The molecule has 1 nitrogen and oxygen atoms in total. The van der Waals surface area contributed by atoms with E-state index in [0.717, 1.165) is 12.1 Å². The molecule has 0 aliphatic rings. The summed E-state index contributed by atoms with van der Waals surface area (Å²) >= 11 is 0. The first kappa shape index (κ1) is 17.6. The third-order valence-corrected chi connectivity index (χ3v) is 2.84. The van der Waals surface area contributed by atoms with Crippen LogP contribution in [0.2, 0.25) is 0 Å². The topological polar surface area (TPSA) is 12.0 Å². The Morgan fingerprint density at radius 2 is 1.48 bits per heavy atom. The Hall–Kier alpha value is -1.50. The zero-order valence-electron chi connectivity index (χ0n) is 11.5. The summed E-state index contributed by atoms with van der Waals surface area (Å²) in [6.07, 6.45) is -7.77. The molecule has 0 fully saturated rings. The van der Waals surface area contributed by atoms with Gasteiger partial charge in [-0.3, -0.25) is 0 Å². The second kappa shape index (κ2) is 6.51. The van der Waals surface area contributed by atoms with Gasteiger partial charge in [0.2, 0.25) is 0 Å². The Bertz CT molecular complexity index is 481. The third-order valence-electron chi connectivity index (χ3n) is 2.84. The standard InChI is InChI=1S/C14H15F6N/c1-3-9(8-21-2)4-10-5-11(13(15,16)17)7-12(6-10)14(18,19)20/h4-7,21H,3,8H2,1-2H3. The average molecular weight is 311 g/mol. The van der Waals surface area contributed by atoms with Gasteiger partial charge in [0.15, 0.2) is 0 Å². The van der Waals surface area contributed by atoms with Crippen molar-refractivity contribution in [1.82, 2.24) is 5.32 Å². The number of alkyl halides is 6. The largest absolute Gasteiger partial charge is 0.416 e. The van der Waals surface area contributed by atoms with Gasteiger partial charge >= 0.3 is 12.4 Å². The molecule has 1 aromatic carbocycles. The molecule has 0 unspecified atom stereocenters. The van der Waals surface area contributed by atoms with Crippen LogP contribution in [0, 0.1) is 0 Å². The van der Waals surface area contributed by atoms with Crippen LogP contribution >= 0.6 is 0 Å². The molecule has 21 heavy (non-hydrogen) atoms. The van der Waals surface area contributed by atoms with Crippen LogP contribution < -0.4 is 5.32 Å². The minimum absolute atomic E-state index is 0.107. The molecule has 1 rings (SSSR count). The molecule has 1 N–H and O–H groups in total. The maximum atomic E-state index is 12.7. The fraction of sp³-hybridized carbons (Fsp3) is 0.429. The molecule has 0 saturated carbocycles. The van der Waals surface area contributed by atoms with Crippen molar-refractivity contribution in [2.24, 2.45) is 0 Å². The van der Waals surface area contributed by atoms with Crippen LogP contribution in [0.4, 0.5) is 26.3 Å². The first-order valence-corrected chi connectivity index (χ1v) is 6.21.